The van der Waals surface area contributed by atoms with Gasteiger partial charge in [-0.3, -0.25) is 4.79 Å². The Morgan fingerprint density at radius 2 is 2.17 bits per heavy atom. The van der Waals surface area contributed by atoms with Crippen LogP contribution >= 0.6 is 11.6 Å². The van der Waals surface area contributed by atoms with E-state index in [4.69, 9.17) is 17.3 Å². The summed E-state index contributed by atoms with van der Waals surface area (Å²) < 4.78 is 29.7. The first-order chi connectivity index (χ1) is 17.1. The lowest BCUT2D eigenvalue weighted by Crippen LogP contribution is -2.52. The maximum Gasteiger partial charge on any atom is 0.387 e. The number of alkyl halides is 2. The SMILES string of the molecule is CCN(C(=O)C(C)N)C1CN(C(=NC#N)Nc2cccc(OC(F)F)c2)N=C1c1ccc(Cl)c(C)c1. The van der Waals surface area contributed by atoms with Crippen LogP contribution in [0.25, 0.3) is 0 Å². The number of nitrogens with one attached hydrogen (secondary N) is 1. The predicted molar refractivity (Wildman–Crippen MR) is 134 cm³/mol. The van der Waals surface area contributed by atoms with E-state index in [0.29, 0.717) is 23.0 Å². The number of hydrogen-bond acceptors (Lipinski definition) is 6. The Kier molecular flexibility index (Phi) is 8.79. The lowest BCUT2D eigenvalue weighted by atomic mass is 10.00. The number of carbonyl (C=O) groups is 1. The topological polar surface area (TPSA) is 119 Å². The highest BCUT2D eigenvalue weighted by Crippen LogP contribution is 2.25. The third kappa shape index (κ3) is 6.27. The Labute approximate surface area is 212 Å². The monoisotopic (exact) mass is 517 g/mol. The Morgan fingerprint density at radius 1 is 1.42 bits per heavy atom. The molecule has 0 radical (unpaired) electrons. The van der Waals surface area contributed by atoms with Crippen molar-refractivity contribution >= 4 is 34.9 Å². The van der Waals surface area contributed by atoms with Crippen molar-refractivity contribution in [2.24, 2.45) is 15.8 Å². The van der Waals surface area contributed by atoms with Crippen molar-refractivity contribution in [1.29, 1.82) is 5.26 Å². The number of anilines is 1. The van der Waals surface area contributed by atoms with Crippen LogP contribution < -0.4 is 15.8 Å². The lowest BCUT2D eigenvalue weighted by molar-refractivity contribution is -0.133. The number of ether oxygens (including phenoxy) is 1. The predicted octanol–water partition coefficient (Wildman–Crippen LogP) is 3.78. The summed E-state index contributed by atoms with van der Waals surface area (Å²) in [7, 11) is 0. The van der Waals surface area contributed by atoms with Crippen molar-refractivity contribution in [2.75, 3.05) is 18.4 Å². The van der Waals surface area contributed by atoms with Gasteiger partial charge in [-0.05, 0) is 50.6 Å². The van der Waals surface area contributed by atoms with Gasteiger partial charge < -0.3 is 20.7 Å². The molecule has 3 rings (SSSR count). The number of nitrogens with two attached hydrogens (primary N) is 1. The van der Waals surface area contributed by atoms with Crippen LogP contribution in [0.1, 0.15) is 25.0 Å². The minimum absolute atomic E-state index is 0.0432. The Balaban J connectivity index is 2.00. The summed E-state index contributed by atoms with van der Waals surface area (Å²) in [5.41, 5.74) is 8.38. The Hall–Kier alpha value is -3.75. The van der Waals surface area contributed by atoms with Crippen LogP contribution in [-0.4, -0.2) is 59.3 Å². The second-order valence-corrected chi connectivity index (χ2v) is 8.43. The van der Waals surface area contributed by atoms with Crippen LogP contribution in [0, 0.1) is 18.4 Å². The van der Waals surface area contributed by atoms with Crippen LogP contribution in [0.5, 0.6) is 5.75 Å². The van der Waals surface area contributed by atoms with Crippen molar-refractivity contribution in [2.45, 2.75) is 39.5 Å². The molecule has 2 aromatic rings. The fourth-order valence-electron chi connectivity index (χ4n) is 3.79. The molecule has 0 spiro atoms. The molecule has 1 aliphatic rings. The number of nitrogens with zero attached hydrogens (tertiary/aromatic N) is 5. The van der Waals surface area contributed by atoms with E-state index in [2.05, 4.69) is 20.1 Å². The number of hydrazone groups is 1. The van der Waals surface area contributed by atoms with Crippen LogP contribution in [0.2, 0.25) is 5.02 Å². The van der Waals surface area contributed by atoms with E-state index in [-0.39, 0.29) is 24.2 Å². The number of carbonyl (C=O) groups excluding carboxylic acids is 1. The molecule has 1 aliphatic heterocycles. The van der Waals surface area contributed by atoms with Gasteiger partial charge in [-0.15, -0.1) is 4.99 Å². The van der Waals surface area contributed by atoms with E-state index in [0.717, 1.165) is 11.1 Å². The van der Waals surface area contributed by atoms with Crippen LogP contribution in [0.3, 0.4) is 0 Å². The van der Waals surface area contributed by atoms with Crippen molar-refractivity contribution in [1.82, 2.24) is 9.91 Å². The molecule has 12 heteroatoms. The summed E-state index contributed by atoms with van der Waals surface area (Å²) in [6.07, 6.45) is 1.73. The smallest absolute Gasteiger partial charge is 0.387 e. The van der Waals surface area contributed by atoms with Gasteiger partial charge in [0.25, 0.3) is 0 Å². The van der Waals surface area contributed by atoms with Gasteiger partial charge in [0.1, 0.15) is 5.75 Å². The molecule has 0 aromatic heterocycles. The summed E-state index contributed by atoms with van der Waals surface area (Å²) in [5, 5.41) is 19.0. The third-order valence-corrected chi connectivity index (χ3v) is 5.87. The molecule has 36 heavy (non-hydrogen) atoms. The van der Waals surface area contributed by atoms with Gasteiger partial charge in [-0.25, -0.2) is 5.01 Å². The van der Waals surface area contributed by atoms with Crippen molar-refractivity contribution in [3.8, 4) is 11.9 Å². The van der Waals surface area contributed by atoms with Gasteiger partial charge >= 0.3 is 6.61 Å². The van der Waals surface area contributed by atoms with Gasteiger partial charge in [0.05, 0.1) is 24.3 Å². The molecule has 190 valence electrons. The average molecular weight is 518 g/mol. The molecule has 2 atom stereocenters. The van der Waals surface area contributed by atoms with E-state index < -0.39 is 18.7 Å². The second-order valence-electron chi connectivity index (χ2n) is 8.03. The number of halogens is 3. The number of likely N-dealkylation sites (N-methyl/N-ethyl adjacent to an activating group) is 1. The summed E-state index contributed by atoms with van der Waals surface area (Å²) in [6, 6.07) is 10.0. The molecule has 0 fully saturated rings. The van der Waals surface area contributed by atoms with Crippen LogP contribution in [0.4, 0.5) is 14.5 Å². The first-order valence-corrected chi connectivity index (χ1v) is 11.5. The van der Waals surface area contributed by atoms with Gasteiger partial charge in [-0.2, -0.15) is 19.1 Å². The molecule has 1 heterocycles. The lowest BCUT2D eigenvalue weighted by Gasteiger charge is -2.30. The maximum atomic E-state index is 12.9. The molecular weight excluding hydrogens is 492 g/mol. The zero-order chi connectivity index (χ0) is 26.4. The zero-order valence-electron chi connectivity index (χ0n) is 20.0. The van der Waals surface area contributed by atoms with E-state index in [1.54, 1.807) is 36.2 Å². The number of benzene rings is 2. The molecule has 1 amide bonds. The molecule has 2 unspecified atom stereocenters. The first kappa shape index (κ1) is 26.8. The second kappa shape index (κ2) is 11.8. The highest BCUT2D eigenvalue weighted by molar-refractivity contribution is 6.31. The van der Waals surface area contributed by atoms with Gasteiger partial charge in [0, 0.05) is 28.9 Å². The number of rotatable bonds is 7. The van der Waals surface area contributed by atoms with Crippen LogP contribution in [-0.2, 0) is 4.79 Å². The molecule has 0 aliphatic carbocycles. The Morgan fingerprint density at radius 3 is 2.78 bits per heavy atom. The Bertz CT molecular complexity index is 1210. The zero-order valence-corrected chi connectivity index (χ0v) is 20.7. The van der Waals surface area contributed by atoms with Gasteiger partial charge in [-0.1, -0.05) is 23.7 Å². The molecule has 2 aromatic carbocycles. The fraction of sp³-hybridized carbons (Fsp3) is 0.333. The minimum atomic E-state index is -2.98. The molecule has 0 saturated carbocycles. The summed E-state index contributed by atoms with van der Waals surface area (Å²) >= 11 is 6.21. The van der Waals surface area contributed by atoms with Crippen molar-refractivity contribution < 1.29 is 18.3 Å². The summed E-state index contributed by atoms with van der Waals surface area (Å²) in [6.45, 7) is 2.87. The molecule has 0 bridgehead atoms. The van der Waals surface area contributed by atoms with Crippen molar-refractivity contribution in [3.63, 3.8) is 0 Å². The van der Waals surface area contributed by atoms with E-state index in [1.165, 1.54) is 23.2 Å². The van der Waals surface area contributed by atoms with Gasteiger partial charge in [0.15, 0.2) is 0 Å². The van der Waals surface area contributed by atoms with Crippen molar-refractivity contribution in [3.05, 3.63) is 58.6 Å². The number of aryl methyl sites for hydroxylation is 1. The van der Waals surface area contributed by atoms with E-state index in [1.807, 2.05) is 19.9 Å². The average Bonchev–Trinajstić information content (AvgIpc) is 3.26. The summed E-state index contributed by atoms with van der Waals surface area (Å²) in [4.78, 5) is 18.4. The molecule has 0 saturated heterocycles. The van der Waals surface area contributed by atoms with E-state index >= 15 is 0 Å². The fourth-order valence-corrected chi connectivity index (χ4v) is 3.91. The quantitative estimate of drug-likeness (QED) is 0.328. The maximum absolute atomic E-state index is 12.9. The number of guanidine groups is 1. The summed E-state index contributed by atoms with van der Waals surface area (Å²) in [5.74, 6) is -0.279. The molecule has 9 nitrogen and oxygen atoms in total. The highest BCUT2D eigenvalue weighted by Gasteiger charge is 2.37. The largest absolute Gasteiger partial charge is 0.435 e. The van der Waals surface area contributed by atoms with Gasteiger partial charge in [0.2, 0.25) is 18.1 Å². The standard InChI is InChI=1S/C24H26ClF2N7O2/c1-4-33(22(35)15(3)29)20-12-34(32-21(20)16-8-9-19(25)14(2)10-16)24(30-13-28)31-17-6-5-7-18(11-17)36-23(26)27/h5-11,15,20,23H,4,12,29H2,1-3H3,(H,30,31). The number of hydrogen-bond donors (Lipinski definition) is 2. The highest BCUT2D eigenvalue weighted by atomic mass is 35.5. The minimum Gasteiger partial charge on any atom is -0.435 e. The molecule has 3 N–H and O–H groups in total. The number of aliphatic imine (C=N–C) groups is 1. The number of nitriles is 1. The first-order valence-electron chi connectivity index (χ1n) is 11.1. The third-order valence-electron chi connectivity index (χ3n) is 5.45. The normalized spacial score (nSPS) is 16.4. The van der Waals surface area contributed by atoms with Crippen LogP contribution in [0.15, 0.2) is 52.6 Å². The van der Waals surface area contributed by atoms with E-state index in [9.17, 15) is 18.8 Å². The molecular formula is C24H26ClF2N7O2. The number of amides is 1.